The van der Waals surface area contributed by atoms with E-state index >= 15 is 0 Å². The van der Waals surface area contributed by atoms with Crippen LogP contribution in [0.1, 0.15) is 28.8 Å². The van der Waals surface area contributed by atoms with Gasteiger partial charge in [0.05, 0.1) is 26.4 Å². The van der Waals surface area contributed by atoms with Gasteiger partial charge < -0.3 is 19.5 Å². The highest BCUT2D eigenvalue weighted by atomic mass is 79.9. The van der Waals surface area contributed by atoms with Crippen molar-refractivity contribution in [2.24, 2.45) is 0 Å². The Labute approximate surface area is 200 Å². The third kappa shape index (κ3) is 5.43. The van der Waals surface area contributed by atoms with Crippen LogP contribution in [0.2, 0.25) is 0 Å². The fraction of sp³-hybridized carbons (Fsp3) is 0.375. The topological polar surface area (TPSA) is 94.2 Å². The summed E-state index contributed by atoms with van der Waals surface area (Å²) in [5.41, 5.74) is 0.373. The van der Waals surface area contributed by atoms with E-state index in [4.69, 9.17) is 14.2 Å². The molecule has 1 atom stereocenters. The average molecular weight is 517 g/mol. The summed E-state index contributed by atoms with van der Waals surface area (Å²) in [6.45, 7) is 0.760. The number of nitrogens with one attached hydrogen (secondary N) is 1. The Morgan fingerprint density at radius 1 is 1.06 bits per heavy atom. The zero-order valence-electron chi connectivity index (χ0n) is 18.0. The van der Waals surface area contributed by atoms with Crippen LogP contribution in [-0.4, -0.2) is 60.8 Å². The molecule has 9 heteroatoms. The summed E-state index contributed by atoms with van der Waals surface area (Å²) >= 11 is 3.33. The smallest absolute Gasteiger partial charge is 0.413 e. The molecule has 174 valence electrons. The molecule has 1 unspecified atom stereocenters. The SMILES string of the molecule is O=C(CNC(=O)C1COC2(CCOCC2)N1C(=O)OCc1ccccc1)c1ccc(Br)cc1. The highest BCUT2D eigenvalue weighted by Crippen LogP contribution is 2.37. The van der Waals surface area contributed by atoms with Gasteiger partial charge in [-0.1, -0.05) is 58.4 Å². The van der Waals surface area contributed by atoms with Crippen LogP contribution in [0, 0.1) is 0 Å². The third-order valence-corrected chi connectivity index (χ3v) is 6.36. The number of ketones is 1. The Kier molecular flexibility index (Phi) is 7.42. The highest BCUT2D eigenvalue weighted by Gasteiger charge is 2.54. The van der Waals surface area contributed by atoms with Crippen molar-refractivity contribution in [1.29, 1.82) is 0 Å². The van der Waals surface area contributed by atoms with Gasteiger partial charge in [0.25, 0.3) is 0 Å². The van der Waals surface area contributed by atoms with E-state index in [-0.39, 0.29) is 25.5 Å². The summed E-state index contributed by atoms with van der Waals surface area (Å²) in [5, 5.41) is 2.66. The number of rotatable bonds is 6. The van der Waals surface area contributed by atoms with Crippen molar-refractivity contribution in [2.75, 3.05) is 26.4 Å². The van der Waals surface area contributed by atoms with Crippen molar-refractivity contribution >= 4 is 33.7 Å². The molecule has 2 aromatic rings. The fourth-order valence-corrected chi connectivity index (χ4v) is 4.30. The highest BCUT2D eigenvalue weighted by molar-refractivity contribution is 9.10. The molecule has 0 aliphatic carbocycles. The number of ether oxygens (including phenoxy) is 3. The Balaban J connectivity index is 1.44. The number of Topliss-reactive ketones (excluding diaryl/α,β-unsaturated/α-hetero) is 1. The zero-order valence-corrected chi connectivity index (χ0v) is 19.6. The van der Waals surface area contributed by atoms with Crippen LogP contribution < -0.4 is 5.32 Å². The van der Waals surface area contributed by atoms with Crippen molar-refractivity contribution in [3.8, 4) is 0 Å². The quantitative estimate of drug-likeness (QED) is 0.592. The van der Waals surface area contributed by atoms with E-state index in [1.807, 2.05) is 30.3 Å². The van der Waals surface area contributed by atoms with Gasteiger partial charge in [-0.05, 0) is 17.7 Å². The van der Waals surface area contributed by atoms with E-state index in [0.29, 0.717) is 31.6 Å². The van der Waals surface area contributed by atoms with E-state index in [9.17, 15) is 14.4 Å². The zero-order chi connectivity index (χ0) is 23.3. The lowest BCUT2D eigenvalue weighted by atomic mass is 10.0. The summed E-state index contributed by atoms with van der Waals surface area (Å²) in [6.07, 6.45) is 0.252. The van der Waals surface area contributed by atoms with Crippen molar-refractivity contribution in [1.82, 2.24) is 10.2 Å². The van der Waals surface area contributed by atoms with Crippen molar-refractivity contribution in [2.45, 2.75) is 31.2 Å². The second-order valence-electron chi connectivity index (χ2n) is 7.94. The molecule has 2 saturated heterocycles. The molecule has 2 heterocycles. The monoisotopic (exact) mass is 516 g/mol. The second-order valence-corrected chi connectivity index (χ2v) is 8.86. The van der Waals surface area contributed by atoms with E-state index in [0.717, 1.165) is 10.0 Å². The largest absolute Gasteiger partial charge is 0.444 e. The molecule has 0 saturated carbocycles. The molecule has 33 heavy (non-hydrogen) atoms. The molecule has 0 bridgehead atoms. The minimum Gasteiger partial charge on any atom is -0.444 e. The summed E-state index contributed by atoms with van der Waals surface area (Å²) in [5.74, 6) is -0.686. The van der Waals surface area contributed by atoms with Crippen LogP contribution in [0.4, 0.5) is 4.79 Å². The molecule has 4 rings (SSSR count). The standard InChI is InChI=1S/C24H25BrN2O6/c25-19-8-6-18(7-9-19)21(28)14-26-22(29)20-16-33-24(10-12-31-13-11-24)27(20)23(30)32-15-17-4-2-1-3-5-17/h1-9,20H,10-16H2,(H,26,29). The lowest BCUT2D eigenvalue weighted by molar-refractivity contribution is -0.142. The predicted octanol–water partition coefficient (Wildman–Crippen LogP) is 3.29. The number of hydrogen-bond acceptors (Lipinski definition) is 6. The first-order chi connectivity index (χ1) is 16.0. The Morgan fingerprint density at radius 3 is 2.45 bits per heavy atom. The Morgan fingerprint density at radius 2 is 1.76 bits per heavy atom. The molecule has 2 aromatic carbocycles. The molecule has 2 amide bonds. The lowest BCUT2D eigenvalue weighted by Gasteiger charge is -2.40. The molecule has 0 aromatic heterocycles. The van der Waals surface area contributed by atoms with Gasteiger partial charge in [0, 0.05) is 22.9 Å². The summed E-state index contributed by atoms with van der Waals surface area (Å²) < 4.78 is 17.8. The van der Waals surface area contributed by atoms with E-state index < -0.39 is 23.8 Å². The minimum atomic E-state index is -0.955. The molecule has 8 nitrogen and oxygen atoms in total. The third-order valence-electron chi connectivity index (χ3n) is 5.83. The molecule has 2 aliphatic rings. The Bertz CT molecular complexity index is 992. The number of amides is 2. The first-order valence-corrected chi connectivity index (χ1v) is 11.6. The number of hydrogen-bond donors (Lipinski definition) is 1. The van der Waals surface area contributed by atoms with E-state index in [1.54, 1.807) is 24.3 Å². The molecular formula is C24H25BrN2O6. The van der Waals surface area contributed by atoms with Gasteiger partial charge in [0.1, 0.15) is 12.6 Å². The van der Waals surface area contributed by atoms with Crippen molar-refractivity contribution < 1.29 is 28.6 Å². The predicted molar refractivity (Wildman–Crippen MR) is 122 cm³/mol. The summed E-state index contributed by atoms with van der Waals surface area (Å²) in [6, 6.07) is 15.3. The number of benzene rings is 2. The van der Waals surface area contributed by atoms with Gasteiger partial charge in [-0.25, -0.2) is 4.79 Å². The lowest BCUT2D eigenvalue weighted by Crippen LogP contribution is -2.57. The fourth-order valence-electron chi connectivity index (χ4n) is 4.04. The van der Waals surface area contributed by atoms with E-state index in [1.165, 1.54) is 4.90 Å². The normalized spacial score (nSPS) is 19.3. The molecular weight excluding hydrogens is 492 g/mol. The average Bonchev–Trinajstić information content (AvgIpc) is 3.20. The maximum Gasteiger partial charge on any atom is 0.413 e. The summed E-state index contributed by atoms with van der Waals surface area (Å²) in [7, 11) is 0. The molecule has 2 fully saturated rings. The number of carbonyl (C=O) groups excluding carboxylic acids is 3. The second kappa shape index (κ2) is 10.5. The van der Waals surface area contributed by atoms with Gasteiger partial charge >= 0.3 is 6.09 Å². The first-order valence-electron chi connectivity index (χ1n) is 10.8. The summed E-state index contributed by atoms with van der Waals surface area (Å²) in [4.78, 5) is 40.0. The van der Waals surface area contributed by atoms with Gasteiger partial charge in [0.2, 0.25) is 5.91 Å². The Hall–Kier alpha value is -2.75. The maximum absolute atomic E-state index is 13.1. The van der Waals surface area contributed by atoms with Crippen LogP contribution in [0.25, 0.3) is 0 Å². The van der Waals surface area contributed by atoms with E-state index in [2.05, 4.69) is 21.2 Å². The maximum atomic E-state index is 13.1. The van der Waals surface area contributed by atoms with Crippen LogP contribution >= 0.6 is 15.9 Å². The number of carbonyl (C=O) groups is 3. The number of halogens is 1. The molecule has 1 spiro atoms. The minimum absolute atomic E-state index is 0.0265. The van der Waals surface area contributed by atoms with Crippen LogP contribution in [0.5, 0.6) is 0 Å². The molecule has 0 radical (unpaired) electrons. The molecule has 2 aliphatic heterocycles. The van der Waals surface area contributed by atoms with Crippen LogP contribution in [0.15, 0.2) is 59.1 Å². The van der Waals surface area contributed by atoms with Crippen LogP contribution in [-0.2, 0) is 25.6 Å². The van der Waals surface area contributed by atoms with Crippen LogP contribution in [0.3, 0.4) is 0 Å². The van der Waals surface area contributed by atoms with Gasteiger partial charge in [-0.3, -0.25) is 14.5 Å². The first kappa shape index (κ1) is 23.4. The number of nitrogens with zero attached hydrogens (tertiary/aromatic N) is 1. The molecule has 1 N–H and O–H groups in total. The van der Waals surface area contributed by atoms with Gasteiger partial charge in [-0.2, -0.15) is 0 Å². The van der Waals surface area contributed by atoms with Gasteiger partial charge in [0.15, 0.2) is 11.5 Å². The van der Waals surface area contributed by atoms with Gasteiger partial charge in [-0.15, -0.1) is 0 Å². The van der Waals surface area contributed by atoms with Crippen molar-refractivity contribution in [3.63, 3.8) is 0 Å². The van der Waals surface area contributed by atoms with Crippen molar-refractivity contribution in [3.05, 3.63) is 70.2 Å².